The molecule has 5 heteroatoms. The summed E-state index contributed by atoms with van der Waals surface area (Å²) in [6, 6.07) is 5.15. The van der Waals surface area contributed by atoms with E-state index in [1.165, 1.54) is 19.8 Å². The number of nitrogens with two attached hydrogens (primary N) is 2. The molecule has 1 saturated carbocycles. The second kappa shape index (κ2) is 5.86. The van der Waals surface area contributed by atoms with E-state index in [0.717, 1.165) is 18.4 Å². The van der Waals surface area contributed by atoms with Crippen molar-refractivity contribution >= 4 is 17.6 Å². The Kier molecular flexibility index (Phi) is 4.17. The van der Waals surface area contributed by atoms with Crippen molar-refractivity contribution in [3.63, 3.8) is 0 Å². The van der Waals surface area contributed by atoms with Crippen LogP contribution >= 0.6 is 0 Å². The van der Waals surface area contributed by atoms with E-state index < -0.39 is 5.91 Å². The van der Waals surface area contributed by atoms with Crippen LogP contribution in [0, 0.1) is 0 Å². The van der Waals surface area contributed by atoms with Gasteiger partial charge in [-0.25, -0.2) is 0 Å². The van der Waals surface area contributed by atoms with E-state index in [1.807, 2.05) is 6.07 Å². The van der Waals surface area contributed by atoms with E-state index in [1.54, 1.807) is 12.1 Å². The number of carbonyl (C=O) groups excluding carboxylic acids is 2. The van der Waals surface area contributed by atoms with Crippen molar-refractivity contribution in [1.29, 1.82) is 0 Å². The van der Waals surface area contributed by atoms with E-state index >= 15 is 0 Å². The molecular weight excluding hydrogens is 254 g/mol. The minimum atomic E-state index is -0.523. The summed E-state index contributed by atoms with van der Waals surface area (Å²) in [5, 5.41) is 0. The molecule has 0 atom stereocenters. The lowest BCUT2D eigenvalue weighted by atomic mass is 9.90. The van der Waals surface area contributed by atoms with Crippen molar-refractivity contribution in [2.24, 2.45) is 16.5 Å². The number of hydrogen-bond donors (Lipinski definition) is 2. The smallest absolute Gasteiger partial charge is 0.280 e. The number of benzene rings is 1. The van der Waals surface area contributed by atoms with Gasteiger partial charge in [0.15, 0.2) is 11.7 Å². The van der Waals surface area contributed by atoms with E-state index in [4.69, 9.17) is 11.5 Å². The van der Waals surface area contributed by atoms with Gasteiger partial charge in [-0.3, -0.25) is 9.59 Å². The summed E-state index contributed by atoms with van der Waals surface area (Å²) in [6.45, 7) is 1.52. The molecule has 0 saturated heterocycles. The van der Waals surface area contributed by atoms with Crippen molar-refractivity contribution in [2.75, 3.05) is 0 Å². The molecule has 0 spiro atoms. The van der Waals surface area contributed by atoms with Crippen molar-refractivity contribution in [1.82, 2.24) is 0 Å². The summed E-state index contributed by atoms with van der Waals surface area (Å²) in [5.41, 5.74) is 12.4. The number of rotatable bonds is 3. The first-order valence-corrected chi connectivity index (χ1v) is 6.78. The number of Topliss-reactive ketones (excluding diaryl/α,β-unsaturated/α-hetero) is 1. The molecule has 0 radical (unpaired) electrons. The summed E-state index contributed by atoms with van der Waals surface area (Å²) >= 11 is 0. The molecule has 5 nitrogen and oxygen atoms in total. The Morgan fingerprint density at radius 3 is 2.40 bits per heavy atom. The van der Waals surface area contributed by atoms with Crippen LogP contribution < -0.4 is 11.5 Å². The molecule has 0 heterocycles. The number of hydrogen-bond acceptors (Lipinski definition) is 2. The number of guanidine groups is 1. The van der Waals surface area contributed by atoms with Gasteiger partial charge in [0, 0.05) is 11.1 Å². The average Bonchev–Trinajstić information content (AvgIpc) is 2.90. The highest BCUT2D eigenvalue weighted by molar-refractivity contribution is 6.04. The Hall–Kier alpha value is -2.17. The first-order chi connectivity index (χ1) is 9.49. The molecule has 0 bridgehead atoms. The second-order valence-electron chi connectivity index (χ2n) is 5.18. The normalized spacial score (nSPS) is 15.1. The summed E-state index contributed by atoms with van der Waals surface area (Å²) in [7, 11) is 0. The molecule has 106 valence electrons. The van der Waals surface area contributed by atoms with Crippen LogP contribution in [0.25, 0.3) is 0 Å². The fourth-order valence-corrected chi connectivity index (χ4v) is 2.77. The van der Waals surface area contributed by atoms with Crippen molar-refractivity contribution in [2.45, 2.75) is 38.5 Å². The maximum Gasteiger partial charge on any atom is 0.280 e. The summed E-state index contributed by atoms with van der Waals surface area (Å²) < 4.78 is 0. The number of aliphatic imine (C=N–C) groups is 1. The van der Waals surface area contributed by atoms with Crippen LogP contribution in [0.15, 0.2) is 23.2 Å². The zero-order chi connectivity index (χ0) is 14.7. The SMILES string of the molecule is CC(=O)c1cc(C(=O)N=C(N)N)ccc1C1CCCC1. The second-order valence-corrected chi connectivity index (χ2v) is 5.18. The van der Waals surface area contributed by atoms with Gasteiger partial charge in [0.1, 0.15) is 0 Å². The van der Waals surface area contributed by atoms with Gasteiger partial charge >= 0.3 is 0 Å². The van der Waals surface area contributed by atoms with Crippen LogP contribution in [0.1, 0.15) is 64.8 Å². The predicted molar refractivity (Wildman–Crippen MR) is 77.8 cm³/mol. The average molecular weight is 273 g/mol. The topological polar surface area (TPSA) is 98.5 Å². The molecule has 1 amide bonds. The lowest BCUT2D eigenvalue weighted by molar-refractivity contribution is 0.100. The van der Waals surface area contributed by atoms with Crippen molar-refractivity contribution in [3.05, 3.63) is 34.9 Å². The van der Waals surface area contributed by atoms with Gasteiger partial charge < -0.3 is 11.5 Å². The van der Waals surface area contributed by atoms with Crippen LogP contribution in [0.4, 0.5) is 0 Å². The van der Waals surface area contributed by atoms with Crippen LogP contribution in [0.5, 0.6) is 0 Å². The largest absolute Gasteiger partial charge is 0.370 e. The number of amides is 1. The van der Waals surface area contributed by atoms with Gasteiger partial charge in [-0.15, -0.1) is 0 Å². The van der Waals surface area contributed by atoms with E-state index in [-0.39, 0.29) is 11.7 Å². The Labute approximate surface area is 118 Å². The number of carbonyl (C=O) groups is 2. The van der Waals surface area contributed by atoms with E-state index in [9.17, 15) is 9.59 Å². The summed E-state index contributed by atoms with van der Waals surface area (Å²) in [4.78, 5) is 27.1. The standard InChI is InChI=1S/C15H19N3O2/c1-9(19)13-8-11(14(20)18-15(16)17)6-7-12(13)10-4-2-3-5-10/h6-8,10H,2-5H2,1H3,(H4,16,17,18,20). The quantitative estimate of drug-likeness (QED) is 0.499. The minimum absolute atomic E-state index is 0.0359. The number of nitrogens with zero attached hydrogens (tertiary/aromatic N) is 1. The molecule has 0 aromatic heterocycles. The summed E-state index contributed by atoms with van der Waals surface area (Å²) in [5.74, 6) is -0.419. The minimum Gasteiger partial charge on any atom is -0.370 e. The molecule has 2 rings (SSSR count). The lowest BCUT2D eigenvalue weighted by Crippen LogP contribution is -2.24. The fourth-order valence-electron chi connectivity index (χ4n) is 2.77. The third-order valence-corrected chi connectivity index (χ3v) is 3.71. The molecule has 0 aliphatic heterocycles. The monoisotopic (exact) mass is 273 g/mol. The highest BCUT2D eigenvalue weighted by Crippen LogP contribution is 2.36. The van der Waals surface area contributed by atoms with Gasteiger partial charge in [-0.1, -0.05) is 18.9 Å². The third-order valence-electron chi connectivity index (χ3n) is 3.71. The summed E-state index contributed by atoms with van der Waals surface area (Å²) in [6.07, 6.45) is 4.58. The van der Waals surface area contributed by atoms with E-state index in [2.05, 4.69) is 4.99 Å². The zero-order valence-corrected chi connectivity index (χ0v) is 11.6. The molecule has 1 aliphatic carbocycles. The van der Waals surface area contributed by atoms with Crippen LogP contribution in [0.3, 0.4) is 0 Å². The van der Waals surface area contributed by atoms with Gasteiger partial charge in [0.05, 0.1) is 0 Å². The van der Waals surface area contributed by atoms with Gasteiger partial charge in [-0.2, -0.15) is 4.99 Å². The Balaban J connectivity index is 2.39. The molecule has 1 fully saturated rings. The van der Waals surface area contributed by atoms with Crippen LogP contribution in [0.2, 0.25) is 0 Å². The van der Waals surface area contributed by atoms with Crippen LogP contribution in [-0.2, 0) is 0 Å². The Morgan fingerprint density at radius 2 is 1.85 bits per heavy atom. The zero-order valence-electron chi connectivity index (χ0n) is 11.6. The maximum absolute atomic E-state index is 11.8. The Bertz CT molecular complexity index is 568. The molecule has 1 aromatic rings. The Morgan fingerprint density at radius 1 is 1.20 bits per heavy atom. The van der Waals surface area contributed by atoms with Gasteiger partial charge in [-0.05, 0) is 43.4 Å². The lowest BCUT2D eigenvalue weighted by Gasteiger charge is -2.14. The van der Waals surface area contributed by atoms with Crippen LogP contribution in [-0.4, -0.2) is 17.6 Å². The maximum atomic E-state index is 11.8. The van der Waals surface area contributed by atoms with Gasteiger partial charge in [0.25, 0.3) is 5.91 Å². The first kappa shape index (κ1) is 14.2. The molecule has 20 heavy (non-hydrogen) atoms. The fraction of sp³-hybridized carbons (Fsp3) is 0.400. The highest BCUT2D eigenvalue weighted by atomic mass is 16.1. The van der Waals surface area contributed by atoms with E-state index in [0.29, 0.717) is 17.0 Å². The molecule has 0 unspecified atom stereocenters. The number of ketones is 1. The van der Waals surface area contributed by atoms with Crippen molar-refractivity contribution in [3.8, 4) is 0 Å². The third kappa shape index (κ3) is 3.04. The first-order valence-electron chi connectivity index (χ1n) is 6.78. The molecule has 1 aromatic carbocycles. The molecule has 1 aliphatic rings. The van der Waals surface area contributed by atoms with Gasteiger partial charge in [0.2, 0.25) is 0 Å². The molecule has 4 N–H and O–H groups in total. The van der Waals surface area contributed by atoms with Crippen molar-refractivity contribution < 1.29 is 9.59 Å². The molecular formula is C15H19N3O2. The highest BCUT2D eigenvalue weighted by Gasteiger charge is 2.22. The predicted octanol–water partition coefficient (Wildman–Crippen LogP) is 1.96.